The van der Waals surface area contributed by atoms with E-state index in [1.54, 1.807) is 7.11 Å². The van der Waals surface area contributed by atoms with Crippen molar-refractivity contribution in [2.75, 3.05) is 33.4 Å². The normalized spacial score (nSPS) is 20.9. The number of rotatable bonds is 10. The van der Waals surface area contributed by atoms with Gasteiger partial charge in [-0.1, -0.05) is 36.6 Å². The molecule has 2 saturated heterocycles. The molecule has 0 aromatic heterocycles. The summed E-state index contributed by atoms with van der Waals surface area (Å²) < 4.78 is 11.2. The van der Waals surface area contributed by atoms with Crippen LogP contribution < -0.4 is 9.47 Å². The minimum Gasteiger partial charge on any atom is -0.495 e. The Bertz CT molecular complexity index is 1040. The molecule has 224 valence electrons. The Hall–Kier alpha value is -1.79. The van der Waals surface area contributed by atoms with Gasteiger partial charge in [0.2, 0.25) is 0 Å². The summed E-state index contributed by atoms with van der Waals surface area (Å²) in [6, 6.07) is 11.2. The number of hydrogen-bond acceptors (Lipinski definition) is 5. The molecular formula is C34H53ClN2O3. The van der Waals surface area contributed by atoms with E-state index in [9.17, 15) is 5.11 Å². The zero-order chi connectivity index (χ0) is 29.1. The summed E-state index contributed by atoms with van der Waals surface area (Å²) in [6.07, 6.45) is 9.68. The number of halogens is 1. The molecule has 0 aliphatic carbocycles. The lowest BCUT2D eigenvalue weighted by Gasteiger charge is -2.30. The molecule has 2 aliphatic heterocycles. The fraction of sp³-hybridized carbons (Fsp3) is 0.647. The monoisotopic (exact) mass is 572 g/mol. The van der Waals surface area contributed by atoms with E-state index in [2.05, 4.69) is 42.7 Å². The molecule has 0 radical (unpaired) electrons. The number of nitrogens with zero attached hydrogens (tertiary/aromatic N) is 2. The van der Waals surface area contributed by atoms with Crippen LogP contribution in [0.5, 0.6) is 11.5 Å². The van der Waals surface area contributed by atoms with Crippen LogP contribution in [-0.4, -0.2) is 66.4 Å². The average molecular weight is 573 g/mol. The van der Waals surface area contributed by atoms with Crippen molar-refractivity contribution in [3.63, 3.8) is 0 Å². The van der Waals surface area contributed by atoms with Crippen molar-refractivity contribution in [3.05, 3.63) is 57.6 Å². The number of aliphatic hydroxyl groups excluding tert-OH is 1. The van der Waals surface area contributed by atoms with Crippen molar-refractivity contribution in [2.24, 2.45) is 0 Å². The van der Waals surface area contributed by atoms with Gasteiger partial charge in [-0.05, 0) is 127 Å². The molecule has 5 nitrogen and oxygen atoms in total. The number of aliphatic hydroxyl groups is 1. The second-order valence-electron chi connectivity index (χ2n) is 11.9. The highest BCUT2D eigenvalue weighted by atomic mass is 35.5. The minimum absolute atomic E-state index is 0.226. The molecule has 6 heteroatoms. The predicted octanol–water partition coefficient (Wildman–Crippen LogP) is 7.73. The molecule has 2 heterocycles. The number of methoxy groups -OCH3 is 1. The third-order valence-corrected chi connectivity index (χ3v) is 8.96. The zero-order valence-corrected chi connectivity index (χ0v) is 26.6. The molecule has 2 aliphatic rings. The second-order valence-corrected chi connectivity index (χ2v) is 12.3. The average Bonchev–Trinajstić information content (AvgIpc) is 3.10. The second kappa shape index (κ2) is 16.6. The number of benzene rings is 2. The van der Waals surface area contributed by atoms with E-state index in [1.807, 2.05) is 32.0 Å². The van der Waals surface area contributed by atoms with E-state index < -0.39 is 0 Å². The molecular weight excluding hydrogens is 520 g/mol. The molecule has 0 saturated carbocycles. The van der Waals surface area contributed by atoms with Gasteiger partial charge in [0.25, 0.3) is 0 Å². The summed E-state index contributed by atoms with van der Waals surface area (Å²) >= 11 is 5.77. The zero-order valence-electron chi connectivity index (χ0n) is 25.8. The molecule has 0 amide bonds. The van der Waals surface area contributed by atoms with E-state index in [-0.39, 0.29) is 6.10 Å². The molecule has 2 fully saturated rings. The van der Waals surface area contributed by atoms with Gasteiger partial charge in [-0.15, -0.1) is 0 Å². The Kier molecular flexibility index (Phi) is 13.6. The lowest BCUT2D eigenvalue weighted by atomic mass is 10.0. The fourth-order valence-electron chi connectivity index (χ4n) is 6.03. The SMILES string of the molecule is COc1cc(C)ccc1Cl.Cc1c(CN2C(C)CCC2CC(C)O)ccc(OCCCN2CCCCCC2)c1C. The van der Waals surface area contributed by atoms with Crippen LogP contribution >= 0.6 is 11.6 Å². The highest BCUT2D eigenvalue weighted by Crippen LogP contribution is 2.32. The highest BCUT2D eigenvalue weighted by molar-refractivity contribution is 6.32. The quantitative estimate of drug-likeness (QED) is 0.295. The van der Waals surface area contributed by atoms with Crippen LogP contribution in [0.2, 0.25) is 5.02 Å². The Morgan fingerprint density at radius 3 is 2.35 bits per heavy atom. The Balaban J connectivity index is 0.000000371. The van der Waals surface area contributed by atoms with Crippen LogP contribution in [0.3, 0.4) is 0 Å². The summed E-state index contributed by atoms with van der Waals surface area (Å²) in [5, 5.41) is 10.5. The molecule has 0 spiro atoms. The first-order valence-electron chi connectivity index (χ1n) is 15.4. The van der Waals surface area contributed by atoms with Crippen LogP contribution in [0.1, 0.15) is 87.5 Å². The van der Waals surface area contributed by atoms with Crippen LogP contribution in [0.15, 0.2) is 30.3 Å². The van der Waals surface area contributed by atoms with Crippen LogP contribution in [0.4, 0.5) is 0 Å². The number of hydrogen-bond donors (Lipinski definition) is 1. The summed E-state index contributed by atoms with van der Waals surface area (Å²) in [5.41, 5.74) is 5.19. The van der Waals surface area contributed by atoms with Crippen LogP contribution in [0, 0.1) is 20.8 Å². The number of ether oxygens (including phenoxy) is 2. The van der Waals surface area contributed by atoms with Gasteiger partial charge < -0.3 is 19.5 Å². The molecule has 0 bridgehead atoms. The largest absolute Gasteiger partial charge is 0.495 e. The summed E-state index contributed by atoms with van der Waals surface area (Å²) in [6.45, 7) is 16.1. The van der Waals surface area contributed by atoms with E-state index in [1.165, 1.54) is 68.3 Å². The van der Waals surface area contributed by atoms with E-state index in [4.69, 9.17) is 21.1 Å². The Labute approximate surface area is 248 Å². The minimum atomic E-state index is -0.226. The Morgan fingerprint density at radius 2 is 1.70 bits per heavy atom. The van der Waals surface area contributed by atoms with Crippen molar-refractivity contribution in [2.45, 2.75) is 111 Å². The molecule has 3 atom stereocenters. The van der Waals surface area contributed by atoms with E-state index in [0.29, 0.717) is 17.1 Å². The van der Waals surface area contributed by atoms with Gasteiger partial charge in [0.15, 0.2) is 0 Å². The molecule has 3 unspecified atom stereocenters. The van der Waals surface area contributed by atoms with Crippen molar-refractivity contribution in [1.29, 1.82) is 0 Å². The van der Waals surface area contributed by atoms with E-state index in [0.717, 1.165) is 49.6 Å². The van der Waals surface area contributed by atoms with Gasteiger partial charge in [0.1, 0.15) is 11.5 Å². The molecule has 2 aromatic carbocycles. The van der Waals surface area contributed by atoms with Gasteiger partial charge >= 0.3 is 0 Å². The third kappa shape index (κ3) is 9.94. The third-order valence-electron chi connectivity index (χ3n) is 8.65. The maximum absolute atomic E-state index is 9.87. The lowest BCUT2D eigenvalue weighted by molar-refractivity contribution is 0.115. The van der Waals surface area contributed by atoms with Crippen molar-refractivity contribution in [3.8, 4) is 11.5 Å². The van der Waals surface area contributed by atoms with Crippen molar-refractivity contribution in [1.82, 2.24) is 9.80 Å². The first-order valence-corrected chi connectivity index (χ1v) is 15.8. The maximum Gasteiger partial charge on any atom is 0.137 e. The fourth-order valence-corrected chi connectivity index (χ4v) is 6.23. The van der Waals surface area contributed by atoms with Gasteiger partial charge in [0.05, 0.1) is 24.8 Å². The smallest absolute Gasteiger partial charge is 0.137 e. The first-order chi connectivity index (χ1) is 19.2. The standard InChI is InChI=1S/C26H44N2O2.C8H9ClO/c1-20-10-12-25(18-21(2)29)28(20)19-24-11-13-26(23(4)22(24)3)30-17-9-16-27-14-7-5-6-8-15-27;1-6-3-4-7(9)8(5-6)10-2/h11,13,20-21,25,29H,5-10,12,14-19H2,1-4H3;3-5H,1-2H3. The van der Waals surface area contributed by atoms with Crippen molar-refractivity contribution < 1.29 is 14.6 Å². The Morgan fingerprint density at radius 1 is 0.975 bits per heavy atom. The van der Waals surface area contributed by atoms with E-state index >= 15 is 0 Å². The van der Waals surface area contributed by atoms with Crippen molar-refractivity contribution >= 4 is 11.6 Å². The summed E-state index contributed by atoms with van der Waals surface area (Å²) in [5.74, 6) is 1.78. The van der Waals surface area contributed by atoms with Gasteiger partial charge in [-0.25, -0.2) is 0 Å². The van der Waals surface area contributed by atoms with Gasteiger partial charge in [-0.3, -0.25) is 4.90 Å². The summed E-state index contributed by atoms with van der Waals surface area (Å²) in [7, 11) is 1.61. The topological polar surface area (TPSA) is 45.2 Å². The highest BCUT2D eigenvalue weighted by Gasteiger charge is 2.31. The first kappa shape index (κ1) is 32.7. The van der Waals surface area contributed by atoms with Crippen LogP contribution in [-0.2, 0) is 6.54 Å². The molecule has 4 rings (SSSR count). The van der Waals surface area contributed by atoms with Gasteiger partial charge in [-0.2, -0.15) is 0 Å². The van der Waals surface area contributed by atoms with Gasteiger partial charge in [0, 0.05) is 25.2 Å². The van der Waals surface area contributed by atoms with Crippen LogP contribution in [0.25, 0.3) is 0 Å². The molecule has 1 N–H and O–H groups in total. The summed E-state index contributed by atoms with van der Waals surface area (Å²) in [4.78, 5) is 5.20. The molecule has 40 heavy (non-hydrogen) atoms. The molecule has 2 aromatic rings. The predicted molar refractivity (Wildman–Crippen MR) is 168 cm³/mol. The number of aryl methyl sites for hydroxylation is 1. The number of likely N-dealkylation sites (tertiary alicyclic amines) is 2. The lowest BCUT2D eigenvalue weighted by Crippen LogP contribution is -2.36. The maximum atomic E-state index is 9.87.